The van der Waals surface area contributed by atoms with Gasteiger partial charge in [-0.1, -0.05) is 24.4 Å². The predicted molar refractivity (Wildman–Crippen MR) is 78.4 cm³/mol. The molecule has 6 heteroatoms. The molecule has 1 fully saturated rings. The van der Waals surface area contributed by atoms with Crippen LogP contribution >= 0.6 is 11.6 Å². The molecule has 1 saturated carbocycles. The van der Waals surface area contributed by atoms with Crippen LogP contribution < -0.4 is 15.4 Å². The Hall–Kier alpha value is -1.46. The van der Waals surface area contributed by atoms with Gasteiger partial charge in [0.15, 0.2) is 0 Å². The molecule has 0 radical (unpaired) electrons. The number of carbonyl (C=O) groups excluding carboxylic acids is 1. The highest BCUT2D eigenvalue weighted by atomic mass is 35.5. The standard InChI is InChI=1S/C14H19ClN2O3/c1-20-12-5-4-10(15)8-11(12)17-13(18)16-9-14(19)6-2-3-7-14/h4-5,8,19H,2-3,6-7,9H2,1H3,(H2,16,17,18). The maximum absolute atomic E-state index is 11.9. The molecule has 3 N–H and O–H groups in total. The number of benzene rings is 1. The molecule has 0 saturated heterocycles. The number of ether oxygens (including phenoxy) is 1. The third-order valence-corrected chi connectivity index (χ3v) is 3.76. The molecule has 0 bridgehead atoms. The minimum atomic E-state index is -0.768. The monoisotopic (exact) mass is 298 g/mol. The van der Waals surface area contributed by atoms with Crippen LogP contribution in [0.3, 0.4) is 0 Å². The summed E-state index contributed by atoms with van der Waals surface area (Å²) < 4.78 is 5.15. The first kappa shape index (κ1) is 14.9. The van der Waals surface area contributed by atoms with Crippen molar-refractivity contribution in [3.63, 3.8) is 0 Å². The Morgan fingerprint density at radius 3 is 2.80 bits per heavy atom. The number of urea groups is 1. The lowest BCUT2D eigenvalue weighted by Crippen LogP contribution is -2.42. The van der Waals surface area contributed by atoms with Crippen molar-refractivity contribution in [2.45, 2.75) is 31.3 Å². The summed E-state index contributed by atoms with van der Waals surface area (Å²) in [5.74, 6) is 0.532. The van der Waals surface area contributed by atoms with Crippen LogP contribution in [0.25, 0.3) is 0 Å². The quantitative estimate of drug-likeness (QED) is 0.800. The zero-order chi connectivity index (χ0) is 14.6. The molecule has 0 spiro atoms. The average Bonchev–Trinajstić information content (AvgIpc) is 2.84. The lowest BCUT2D eigenvalue weighted by molar-refractivity contribution is 0.0506. The average molecular weight is 299 g/mol. The number of methoxy groups -OCH3 is 1. The molecule has 5 nitrogen and oxygen atoms in total. The zero-order valence-electron chi connectivity index (χ0n) is 11.4. The largest absolute Gasteiger partial charge is 0.495 e. The summed E-state index contributed by atoms with van der Waals surface area (Å²) in [5, 5.41) is 16.0. The molecule has 1 aliphatic carbocycles. The molecular weight excluding hydrogens is 280 g/mol. The van der Waals surface area contributed by atoms with Gasteiger partial charge in [-0.15, -0.1) is 0 Å². The summed E-state index contributed by atoms with van der Waals surface area (Å²) in [4.78, 5) is 11.9. The molecular formula is C14H19ClN2O3. The fourth-order valence-corrected chi connectivity index (χ4v) is 2.57. The second-order valence-corrected chi connectivity index (χ2v) is 5.52. The van der Waals surface area contributed by atoms with Crippen LogP contribution in [-0.4, -0.2) is 30.4 Å². The maximum Gasteiger partial charge on any atom is 0.319 e. The summed E-state index contributed by atoms with van der Waals surface area (Å²) in [6, 6.07) is 4.60. The zero-order valence-corrected chi connectivity index (χ0v) is 12.2. The van der Waals surface area contributed by atoms with Gasteiger partial charge < -0.3 is 20.5 Å². The summed E-state index contributed by atoms with van der Waals surface area (Å²) in [6.07, 6.45) is 3.46. The first-order valence-electron chi connectivity index (χ1n) is 6.63. The molecule has 1 aliphatic rings. The van der Waals surface area contributed by atoms with Gasteiger partial charge in [0.1, 0.15) is 5.75 Å². The van der Waals surface area contributed by atoms with Crippen LogP contribution in [0.5, 0.6) is 5.75 Å². The normalized spacial score (nSPS) is 16.8. The van der Waals surface area contributed by atoms with E-state index in [-0.39, 0.29) is 12.6 Å². The Morgan fingerprint density at radius 2 is 2.15 bits per heavy atom. The lowest BCUT2D eigenvalue weighted by atomic mass is 10.0. The van der Waals surface area contributed by atoms with Gasteiger partial charge in [0.25, 0.3) is 0 Å². The van der Waals surface area contributed by atoms with E-state index in [9.17, 15) is 9.90 Å². The predicted octanol–water partition coefficient (Wildman–Crippen LogP) is 2.78. The van der Waals surface area contributed by atoms with Crippen LogP contribution in [-0.2, 0) is 0 Å². The topological polar surface area (TPSA) is 70.6 Å². The van der Waals surface area contributed by atoms with Gasteiger partial charge >= 0.3 is 6.03 Å². The molecule has 0 heterocycles. The first-order valence-corrected chi connectivity index (χ1v) is 7.01. The van der Waals surface area contributed by atoms with E-state index in [2.05, 4.69) is 10.6 Å². The number of hydrogen-bond acceptors (Lipinski definition) is 3. The Kier molecular flexibility index (Phi) is 4.73. The van der Waals surface area contributed by atoms with Crippen molar-refractivity contribution >= 4 is 23.3 Å². The van der Waals surface area contributed by atoms with Crippen molar-refractivity contribution < 1.29 is 14.6 Å². The van der Waals surface area contributed by atoms with Gasteiger partial charge in [-0.25, -0.2) is 4.79 Å². The summed E-state index contributed by atoms with van der Waals surface area (Å²) in [7, 11) is 1.52. The number of amides is 2. The third-order valence-electron chi connectivity index (χ3n) is 3.52. The first-order chi connectivity index (χ1) is 9.52. The molecule has 1 aromatic carbocycles. The van der Waals surface area contributed by atoms with Crippen molar-refractivity contribution in [1.29, 1.82) is 0 Å². The van der Waals surface area contributed by atoms with Gasteiger partial charge in [-0.05, 0) is 31.0 Å². The van der Waals surface area contributed by atoms with Gasteiger partial charge in [-0.2, -0.15) is 0 Å². The highest BCUT2D eigenvalue weighted by Gasteiger charge is 2.31. The molecule has 20 heavy (non-hydrogen) atoms. The van der Waals surface area contributed by atoms with Crippen molar-refractivity contribution in [1.82, 2.24) is 5.32 Å². The number of rotatable bonds is 4. The summed E-state index contributed by atoms with van der Waals surface area (Å²) in [5.41, 5.74) is -0.272. The van der Waals surface area contributed by atoms with E-state index < -0.39 is 5.60 Å². The van der Waals surface area contributed by atoms with E-state index in [1.165, 1.54) is 7.11 Å². The van der Waals surface area contributed by atoms with Crippen molar-refractivity contribution in [3.8, 4) is 5.75 Å². The molecule has 0 unspecified atom stereocenters. The number of hydrogen-bond donors (Lipinski definition) is 3. The molecule has 0 aliphatic heterocycles. The third kappa shape index (κ3) is 3.77. The van der Waals surface area contributed by atoms with E-state index in [1.54, 1.807) is 18.2 Å². The molecule has 2 amide bonds. The molecule has 1 aromatic rings. The van der Waals surface area contributed by atoms with Crippen LogP contribution in [0.4, 0.5) is 10.5 Å². The van der Waals surface area contributed by atoms with Crippen LogP contribution in [0.15, 0.2) is 18.2 Å². The molecule has 110 valence electrons. The molecule has 0 aromatic heterocycles. The van der Waals surface area contributed by atoms with Crippen molar-refractivity contribution in [2.75, 3.05) is 19.0 Å². The van der Waals surface area contributed by atoms with E-state index >= 15 is 0 Å². The van der Waals surface area contributed by atoms with E-state index in [4.69, 9.17) is 16.3 Å². The van der Waals surface area contributed by atoms with E-state index in [1.807, 2.05) is 0 Å². The fraction of sp³-hybridized carbons (Fsp3) is 0.500. The van der Waals surface area contributed by atoms with Gasteiger partial charge in [-0.3, -0.25) is 0 Å². The Balaban J connectivity index is 1.92. The number of nitrogens with one attached hydrogen (secondary N) is 2. The number of halogens is 1. The van der Waals surface area contributed by atoms with Gasteiger partial charge in [0, 0.05) is 11.6 Å². The Morgan fingerprint density at radius 1 is 1.45 bits per heavy atom. The lowest BCUT2D eigenvalue weighted by Gasteiger charge is -2.22. The highest BCUT2D eigenvalue weighted by molar-refractivity contribution is 6.31. The second-order valence-electron chi connectivity index (χ2n) is 5.08. The van der Waals surface area contributed by atoms with E-state index in [0.717, 1.165) is 25.7 Å². The number of aliphatic hydroxyl groups is 1. The van der Waals surface area contributed by atoms with E-state index in [0.29, 0.717) is 16.5 Å². The Labute approximate surface area is 123 Å². The van der Waals surface area contributed by atoms with Crippen molar-refractivity contribution in [3.05, 3.63) is 23.2 Å². The Bertz CT molecular complexity index is 487. The van der Waals surface area contributed by atoms with Gasteiger partial charge in [0.05, 0.1) is 18.4 Å². The van der Waals surface area contributed by atoms with Crippen LogP contribution in [0.1, 0.15) is 25.7 Å². The second kappa shape index (κ2) is 6.33. The van der Waals surface area contributed by atoms with Crippen molar-refractivity contribution in [2.24, 2.45) is 0 Å². The fourth-order valence-electron chi connectivity index (χ4n) is 2.40. The minimum absolute atomic E-state index is 0.252. The minimum Gasteiger partial charge on any atom is -0.495 e. The number of carbonyl (C=O) groups is 1. The highest BCUT2D eigenvalue weighted by Crippen LogP contribution is 2.29. The molecule has 0 atom stereocenters. The SMILES string of the molecule is COc1ccc(Cl)cc1NC(=O)NCC1(O)CCCC1. The smallest absolute Gasteiger partial charge is 0.319 e. The number of anilines is 1. The summed E-state index contributed by atoms with van der Waals surface area (Å²) >= 11 is 5.89. The summed E-state index contributed by atoms with van der Waals surface area (Å²) in [6.45, 7) is 0.252. The maximum atomic E-state index is 11.9. The van der Waals surface area contributed by atoms with Crippen LogP contribution in [0.2, 0.25) is 5.02 Å². The van der Waals surface area contributed by atoms with Gasteiger partial charge in [0.2, 0.25) is 0 Å². The van der Waals surface area contributed by atoms with Crippen LogP contribution in [0, 0.1) is 0 Å². The molecule has 2 rings (SSSR count).